The first kappa shape index (κ1) is 9.60. The lowest BCUT2D eigenvalue weighted by Crippen LogP contribution is -2.22. The summed E-state index contributed by atoms with van der Waals surface area (Å²) in [4.78, 5) is 16.5. The Kier molecular flexibility index (Phi) is 1.91. The van der Waals surface area contributed by atoms with Gasteiger partial charge < -0.3 is 4.98 Å². The quantitative estimate of drug-likeness (QED) is 0.739. The van der Waals surface area contributed by atoms with E-state index in [2.05, 4.69) is 36.0 Å². The Morgan fingerprint density at radius 3 is 2.81 bits per heavy atom. The molecule has 1 aliphatic rings. The summed E-state index contributed by atoms with van der Waals surface area (Å²) in [6.45, 7) is 3.95. The van der Waals surface area contributed by atoms with Crippen molar-refractivity contribution >= 4 is 17.2 Å². The van der Waals surface area contributed by atoms with Crippen molar-refractivity contribution in [3.8, 4) is 0 Å². The Balaban J connectivity index is 2.43. The summed E-state index contributed by atoms with van der Waals surface area (Å²) in [6.07, 6.45) is 0.924. The number of carbonyl (C=O) groups excluding carboxylic acids is 1. The molecule has 1 aliphatic heterocycles. The molecule has 1 aromatic heterocycles. The van der Waals surface area contributed by atoms with Gasteiger partial charge in [0.15, 0.2) is 6.29 Å². The van der Waals surface area contributed by atoms with E-state index in [1.54, 1.807) is 0 Å². The van der Waals surface area contributed by atoms with Crippen molar-refractivity contribution < 1.29 is 4.79 Å². The molecule has 0 aliphatic carbocycles. The Morgan fingerprint density at radius 2 is 2.06 bits per heavy atom. The van der Waals surface area contributed by atoms with Gasteiger partial charge in [-0.15, -0.1) is 0 Å². The molecule has 1 N–H and O–H groups in total. The molecule has 16 heavy (non-hydrogen) atoms. The van der Waals surface area contributed by atoms with E-state index in [0.717, 1.165) is 36.1 Å². The first-order chi connectivity index (χ1) is 7.70. The number of nitrogens with one attached hydrogen (secondary N) is 1. The minimum absolute atomic E-state index is 0.730. The predicted octanol–water partition coefficient (Wildman–Crippen LogP) is 2.23. The van der Waals surface area contributed by atoms with Gasteiger partial charge in [-0.3, -0.25) is 9.69 Å². The van der Waals surface area contributed by atoms with Crippen LogP contribution in [0.5, 0.6) is 0 Å². The fourth-order valence-corrected chi connectivity index (χ4v) is 2.62. The second-order valence-corrected chi connectivity index (χ2v) is 4.59. The van der Waals surface area contributed by atoms with Crippen LogP contribution >= 0.6 is 0 Å². The average Bonchev–Trinajstić information content (AvgIpc) is 2.62. The van der Waals surface area contributed by atoms with Gasteiger partial charge >= 0.3 is 0 Å². The van der Waals surface area contributed by atoms with Crippen molar-refractivity contribution in [2.75, 3.05) is 7.05 Å². The Labute approximate surface area is 94.1 Å². The van der Waals surface area contributed by atoms with Crippen LogP contribution in [-0.2, 0) is 13.1 Å². The van der Waals surface area contributed by atoms with Crippen LogP contribution in [0.25, 0.3) is 10.9 Å². The second kappa shape index (κ2) is 3.19. The monoisotopic (exact) mass is 214 g/mol. The maximum absolute atomic E-state index is 11.0. The van der Waals surface area contributed by atoms with Gasteiger partial charge in [-0.25, -0.2) is 0 Å². The largest absolute Gasteiger partial charge is 0.352 e. The lowest BCUT2D eigenvalue weighted by molar-refractivity contribution is 0.111. The number of nitrogens with zero attached hydrogens (tertiary/aromatic N) is 1. The Morgan fingerprint density at radius 1 is 1.31 bits per heavy atom. The molecule has 0 radical (unpaired) electrons. The zero-order valence-electron chi connectivity index (χ0n) is 9.50. The maximum atomic E-state index is 11.0. The number of rotatable bonds is 1. The van der Waals surface area contributed by atoms with Crippen molar-refractivity contribution in [2.24, 2.45) is 0 Å². The van der Waals surface area contributed by atoms with Crippen LogP contribution in [-0.4, -0.2) is 23.2 Å². The number of H-pyrrole nitrogens is 1. The summed E-state index contributed by atoms with van der Waals surface area (Å²) < 4.78 is 0. The van der Waals surface area contributed by atoms with Crippen LogP contribution in [0.2, 0.25) is 0 Å². The van der Waals surface area contributed by atoms with Gasteiger partial charge in [-0.05, 0) is 31.2 Å². The van der Waals surface area contributed by atoms with Crippen molar-refractivity contribution in [3.63, 3.8) is 0 Å². The molecule has 3 heteroatoms. The van der Waals surface area contributed by atoms with Crippen molar-refractivity contribution in [1.82, 2.24) is 9.88 Å². The van der Waals surface area contributed by atoms with E-state index in [-0.39, 0.29) is 0 Å². The summed E-state index contributed by atoms with van der Waals surface area (Å²) in [7, 11) is 2.09. The third-order valence-corrected chi connectivity index (χ3v) is 3.42. The summed E-state index contributed by atoms with van der Waals surface area (Å²) in [6, 6.07) is 4.18. The van der Waals surface area contributed by atoms with E-state index in [1.807, 2.05) is 0 Å². The minimum atomic E-state index is 0.730. The fraction of sp³-hybridized carbons (Fsp3) is 0.308. The number of aromatic amines is 1. The number of aryl methyl sites for hydroxylation is 1. The lowest BCUT2D eigenvalue weighted by atomic mass is 9.96. The molecule has 0 saturated heterocycles. The molecular formula is C13H14N2O. The van der Waals surface area contributed by atoms with Crippen LogP contribution in [0.4, 0.5) is 0 Å². The van der Waals surface area contributed by atoms with Gasteiger partial charge in [-0.1, -0.05) is 6.07 Å². The molecule has 1 aromatic carbocycles. The standard InChI is InChI=1S/C13H14N2O/c1-8-3-4-11-13-9(8)5-15(2)6-10(13)12(7-16)14-11/h3-4,7,14H,5-6H2,1-2H3. The second-order valence-electron chi connectivity index (χ2n) is 4.59. The smallest absolute Gasteiger partial charge is 0.166 e. The normalized spacial score (nSPS) is 15.6. The fourth-order valence-electron chi connectivity index (χ4n) is 2.62. The minimum Gasteiger partial charge on any atom is -0.352 e. The zero-order chi connectivity index (χ0) is 11.3. The highest BCUT2D eigenvalue weighted by Crippen LogP contribution is 2.33. The highest BCUT2D eigenvalue weighted by Gasteiger charge is 2.22. The summed E-state index contributed by atoms with van der Waals surface area (Å²) in [5.74, 6) is 0. The molecule has 0 bridgehead atoms. The number of benzene rings is 1. The van der Waals surface area contributed by atoms with Crippen molar-refractivity contribution in [1.29, 1.82) is 0 Å². The molecule has 2 heterocycles. The summed E-state index contributed by atoms with van der Waals surface area (Å²) in [5.41, 5.74) is 5.62. The van der Waals surface area contributed by atoms with Gasteiger partial charge in [-0.2, -0.15) is 0 Å². The van der Waals surface area contributed by atoms with Crippen LogP contribution in [0.1, 0.15) is 27.2 Å². The molecule has 2 aromatic rings. The van der Waals surface area contributed by atoms with E-state index >= 15 is 0 Å². The topological polar surface area (TPSA) is 36.1 Å². The van der Waals surface area contributed by atoms with Crippen LogP contribution < -0.4 is 0 Å². The van der Waals surface area contributed by atoms with Crippen molar-refractivity contribution in [2.45, 2.75) is 20.0 Å². The van der Waals surface area contributed by atoms with E-state index in [9.17, 15) is 4.79 Å². The Bertz CT molecular complexity index is 583. The molecule has 0 saturated carbocycles. The van der Waals surface area contributed by atoms with Gasteiger partial charge in [0.2, 0.25) is 0 Å². The number of aromatic nitrogens is 1. The average molecular weight is 214 g/mol. The molecule has 0 unspecified atom stereocenters. The van der Waals surface area contributed by atoms with Gasteiger partial charge in [0, 0.05) is 29.6 Å². The molecule has 0 atom stereocenters. The van der Waals surface area contributed by atoms with Gasteiger partial charge in [0.1, 0.15) is 0 Å². The van der Waals surface area contributed by atoms with E-state index in [1.165, 1.54) is 16.5 Å². The first-order valence-electron chi connectivity index (χ1n) is 5.47. The molecule has 3 nitrogen and oxygen atoms in total. The van der Waals surface area contributed by atoms with Gasteiger partial charge in [0.05, 0.1) is 5.69 Å². The number of aldehydes is 1. The van der Waals surface area contributed by atoms with E-state index < -0.39 is 0 Å². The Hall–Kier alpha value is -1.61. The van der Waals surface area contributed by atoms with Crippen LogP contribution in [0.3, 0.4) is 0 Å². The van der Waals surface area contributed by atoms with Crippen molar-refractivity contribution in [3.05, 3.63) is 34.5 Å². The number of carbonyl (C=O) groups is 1. The number of hydrogen-bond donors (Lipinski definition) is 1. The van der Waals surface area contributed by atoms with Crippen LogP contribution in [0.15, 0.2) is 12.1 Å². The molecule has 0 fully saturated rings. The molecule has 0 spiro atoms. The van der Waals surface area contributed by atoms with Crippen LogP contribution in [0, 0.1) is 6.92 Å². The zero-order valence-corrected chi connectivity index (χ0v) is 9.50. The highest BCUT2D eigenvalue weighted by molar-refractivity contribution is 5.95. The van der Waals surface area contributed by atoms with E-state index in [0.29, 0.717) is 0 Å². The van der Waals surface area contributed by atoms with E-state index in [4.69, 9.17) is 0 Å². The first-order valence-corrected chi connectivity index (χ1v) is 5.47. The summed E-state index contributed by atoms with van der Waals surface area (Å²) in [5, 5.41) is 1.26. The third-order valence-electron chi connectivity index (χ3n) is 3.42. The molecule has 82 valence electrons. The summed E-state index contributed by atoms with van der Waals surface area (Å²) >= 11 is 0. The molecule has 0 amide bonds. The molecular weight excluding hydrogens is 200 g/mol. The van der Waals surface area contributed by atoms with Gasteiger partial charge in [0.25, 0.3) is 0 Å². The third kappa shape index (κ3) is 1.15. The lowest BCUT2D eigenvalue weighted by Gasteiger charge is -2.24. The maximum Gasteiger partial charge on any atom is 0.166 e. The predicted molar refractivity (Wildman–Crippen MR) is 63.6 cm³/mol. The highest BCUT2D eigenvalue weighted by atomic mass is 16.1. The SMILES string of the molecule is Cc1ccc2[nH]c(C=O)c3c2c1CN(C)C3. The molecule has 3 rings (SSSR count). The number of hydrogen-bond acceptors (Lipinski definition) is 2.